The summed E-state index contributed by atoms with van der Waals surface area (Å²) in [5.41, 5.74) is -0.882. The number of hydrogen-bond donors (Lipinski definition) is 1. The first kappa shape index (κ1) is 22.2. The van der Waals surface area contributed by atoms with Crippen LogP contribution in [0.15, 0.2) is 42.7 Å². The van der Waals surface area contributed by atoms with E-state index in [1.807, 2.05) is 0 Å². The summed E-state index contributed by atoms with van der Waals surface area (Å²) in [5, 5.41) is 6.60. The highest BCUT2D eigenvalue weighted by Crippen LogP contribution is 2.39. The number of anilines is 2. The number of fused-ring (bicyclic) bond motifs is 1. The maximum atomic E-state index is 13.3. The second-order valence-corrected chi connectivity index (χ2v) is 7.31. The molecule has 1 atom stereocenters. The zero-order valence-corrected chi connectivity index (χ0v) is 17.4. The average molecular weight is 463 g/mol. The van der Waals surface area contributed by atoms with E-state index in [9.17, 15) is 27.2 Å². The lowest BCUT2D eigenvalue weighted by atomic mass is 10.1. The molecule has 0 fully saturated rings. The summed E-state index contributed by atoms with van der Waals surface area (Å²) in [6, 6.07) is 5.13. The third kappa shape index (κ3) is 4.11. The molecule has 4 rings (SSSR count). The molecule has 3 heterocycles. The Morgan fingerprint density at radius 1 is 1.21 bits per heavy atom. The Morgan fingerprint density at radius 2 is 1.97 bits per heavy atom. The summed E-state index contributed by atoms with van der Waals surface area (Å²) < 4.78 is 58.9. The predicted octanol–water partition coefficient (Wildman–Crippen LogP) is 3.92. The smallest absolute Gasteiger partial charge is 0.419 e. The van der Waals surface area contributed by atoms with Crippen molar-refractivity contribution in [3.8, 4) is 5.75 Å². The minimum absolute atomic E-state index is 0.0350. The van der Waals surface area contributed by atoms with E-state index in [4.69, 9.17) is 4.74 Å². The number of amides is 2. The molecule has 0 saturated carbocycles. The lowest BCUT2D eigenvalue weighted by molar-refractivity contribution is -0.138. The standard InChI is InChI=1S/C21H17F4N5O3/c1-11-10-29(13-4-5-15(21(23,24)25)16(7-13)33-2)20(32)18-14(9-27-30(11)18)19(31)28-17-6-3-12(22)8-26-17/h3-9,11H,10H2,1-2H3,(H,26,28,31)/t11-/m0/s1. The number of methoxy groups -OCH3 is 1. The molecule has 3 aromatic rings. The van der Waals surface area contributed by atoms with Gasteiger partial charge in [-0.05, 0) is 31.2 Å². The Kier molecular flexibility index (Phi) is 5.52. The lowest BCUT2D eigenvalue weighted by Gasteiger charge is -2.32. The minimum atomic E-state index is -4.62. The summed E-state index contributed by atoms with van der Waals surface area (Å²) in [6.45, 7) is 1.86. The summed E-state index contributed by atoms with van der Waals surface area (Å²) in [7, 11) is 1.11. The Hall–Kier alpha value is -3.96. The van der Waals surface area contributed by atoms with Gasteiger partial charge in [0.25, 0.3) is 11.8 Å². The lowest BCUT2D eigenvalue weighted by Crippen LogP contribution is -2.43. The highest BCUT2D eigenvalue weighted by atomic mass is 19.4. The summed E-state index contributed by atoms with van der Waals surface area (Å²) in [6.07, 6.45) is -2.48. The highest BCUT2D eigenvalue weighted by Gasteiger charge is 2.38. The van der Waals surface area contributed by atoms with E-state index in [2.05, 4.69) is 15.4 Å². The van der Waals surface area contributed by atoms with Crippen LogP contribution in [0, 0.1) is 5.82 Å². The molecule has 0 saturated heterocycles. The Bertz CT molecular complexity index is 1220. The molecule has 172 valence electrons. The second-order valence-electron chi connectivity index (χ2n) is 7.31. The summed E-state index contributed by atoms with van der Waals surface area (Å²) >= 11 is 0. The number of ether oxygens (including phenoxy) is 1. The third-order valence-electron chi connectivity index (χ3n) is 5.12. The number of nitrogens with one attached hydrogen (secondary N) is 1. The molecular formula is C21H17F4N5O3. The van der Waals surface area contributed by atoms with Crippen molar-refractivity contribution in [1.82, 2.24) is 14.8 Å². The molecule has 2 aromatic heterocycles. The fourth-order valence-corrected chi connectivity index (χ4v) is 3.57. The number of aromatic nitrogens is 3. The maximum Gasteiger partial charge on any atom is 0.419 e. The van der Waals surface area contributed by atoms with Crippen LogP contribution in [0.2, 0.25) is 0 Å². The fraction of sp³-hybridized carbons (Fsp3) is 0.238. The monoisotopic (exact) mass is 463 g/mol. The van der Waals surface area contributed by atoms with Crippen LogP contribution in [0.5, 0.6) is 5.75 Å². The first-order valence-electron chi connectivity index (χ1n) is 9.67. The van der Waals surface area contributed by atoms with Crippen molar-refractivity contribution in [1.29, 1.82) is 0 Å². The number of carbonyl (C=O) groups is 2. The highest BCUT2D eigenvalue weighted by molar-refractivity contribution is 6.15. The van der Waals surface area contributed by atoms with Crippen molar-refractivity contribution in [3.05, 3.63) is 65.4 Å². The molecule has 2 amide bonds. The Balaban J connectivity index is 1.68. The summed E-state index contributed by atoms with van der Waals surface area (Å²) in [4.78, 5) is 31.1. The van der Waals surface area contributed by atoms with Crippen LogP contribution in [0.25, 0.3) is 0 Å². The van der Waals surface area contributed by atoms with Crippen LogP contribution in [-0.2, 0) is 6.18 Å². The van der Waals surface area contributed by atoms with E-state index in [0.29, 0.717) is 0 Å². The first-order valence-corrected chi connectivity index (χ1v) is 9.67. The van der Waals surface area contributed by atoms with Gasteiger partial charge in [0.15, 0.2) is 0 Å². The van der Waals surface area contributed by atoms with Crippen LogP contribution in [0.4, 0.5) is 29.1 Å². The van der Waals surface area contributed by atoms with Gasteiger partial charge in [0.1, 0.15) is 23.1 Å². The van der Waals surface area contributed by atoms with E-state index in [1.54, 1.807) is 6.92 Å². The molecule has 0 unspecified atom stereocenters. The van der Waals surface area contributed by atoms with E-state index in [1.165, 1.54) is 27.9 Å². The third-order valence-corrected chi connectivity index (χ3v) is 5.12. The SMILES string of the molecule is COc1cc(N2C[C@H](C)n3ncc(C(=O)Nc4ccc(F)cn4)c3C2=O)ccc1C(F)(F)F. The molecule has 0 spiro atoms. The molecular weight excluding hydrogens is 446 g/mol. The van der Waals surface area contributed by atoms with E-state index < -0.39 is 35.1 Å². The van der Waals surface area contributed by atoms with Crippen LogP contribution in [-0.4, -0.2) is 40.2 Å². The number of pyridine rings is 1. The van der Waals surface area contributed by atoms with Crippen LogP contribution < -0.4 is 15.0 Å². The quantitative estimate of drug-likeness (QED) is 0.593. The van der Waals surface area contributed by atoms with Gasteiger partial charge in [0.2, 0.25) is 0 Å². The number of rotatable bonds is 4. The van der Waals surface area contributed by atoms with Crippen molar-refractivity contribution in [2.75, 3.05) is 23.9 Å². The zero-order chi connectivity index (χ0) is 23.9. The van der Waals surface area contributed by atoms with Gasteiger partial charge in [0.05, 0.1) is 36.7 Å². The predicted molar refractivity (Wildman–Crippen MR) is 109 cm³/mol. The number of halogens is 4. The molecule has 1 aliphatic heterocycles. The van der Waals surface area contributed by atoms with Crippen molar-refractivity contribution < 1.29 is 31.9 Å². The molecule has 1 aliphatic rings. The Labute approximate surface area is 184 Å². The average Bonchev–Trinajstić information content (AvgIpc) is 3.23. The van der Waals surface area contributed by atoms with Gasteiger partial charge < -0.3 is 15.0 Å². The minimum Gasteiger partial charge on any atom is -0.496 e. The Morgan fingerprint density at radius 3 is 2.61 bits per heavy atom. The van der Waals surface area contributed by atoms with Gasteiger partial charge in [-0.3, -0.25) is 14.3 Å². The van der Waals surface area contributed by atoms with Gasteiger partial charge in [-0.15, -0.1) is 0 Å². The van der Waals surface area contributed by atoms with Gasteiger partial charge in [-0.25, -0.2) is 9.37 Å². The van der Waals surface area contributed by atoms with Crippen molar-refractivity contribution in [2.45, 2.75) is 19.1 Å². The summed E-state index contributed by atoms with van der Waals surface area (Å²) in [5.74, 6) is -2.25. The fourth-order valence-electron chi connectivity index (χ4n) is 3.57. The van der Waals surface area contributed by atoms with Crippen molar-refractivity contribution in [3.63, 3.8) is 0 Å². The van der Waals surface area contributed by atoms with Gasteiger partial charge in [0, 0.05) is 18.3 Å². The zero-order valence-electron chi connectivity index (χ0n) is 17.4. The first-order chi connectivity index (χ1) is 15.6. The molecule has 1 aromatic carbocycles. The number of alkyl halides is 3. The maximum absolute atomic E-state index is 13.3. The van der Waals surface area contributed by atoms with E-state index >= 15 is 0 Å². The van der Waals surface area contributed by atoms with Crippen LogP contribution in [0.3, 0.4) is 0 Å². The molecule has 12 heteroatoms. The normalized spacial score (nSPS) is 15.9. The van der Waals surface area contributed by atoms with E-state index in [0.717, 1.165) is 31.5 Å². The second kappa shape index (κ2) is 8.19. The van der Waals surface area contributed by atoms with Crippen LogP contribution >= 0.6 is 0 Å². The number of hydrogen-bond acceptors (Lipinski definition) is 5. The largest absolute Gasteiger partial charge is 0.496 e. The van der Waals surface area contributed by atoms with Crippen molar-refractivity contribution >= 4 is 23.3 Å². The van der Waals surface area contributed by atoms with Crippen molar-refractivity contribution in [2.24, 2.45) is 0 Å². The van der Waals surface area contributed by atoms with Gasteiger partial charge >= 0.3 is 6.18 Å². The molecule has 33 heavy (non-hydrogen) atoms. The van der Waals surface area contributed by atoms with Crippen LogP contribution in [0.1, 0.15) is 39.4 Å². The molecule has 0 aliphatic carbocycles. The van der Waals surface area contributed by atoms with E-state index in [-0.39, 0.29) is 35.3 Å². The van der Waals surface area contributed by atoms with Gasteiger partial charge in [-0.1, -0.05) is 0 Å². The molecule has 8 nitrogen and oxygen atoms in total. The molecule has 1 N–H and O–H groups in total. The molecule has 0 radical (unpaired) electrons. The number of benzene rings is 1. The molecule has 0 bridgehead atoms. The van der Waals surface area contributed by atoms with Gasteiger partial charge in [-0.2, -0.15) is 18.3 Å². The number of nitrogens with zero attached hydrogens (tertiary/aromatic N) is 4. The topological polar surface area (TPSA) is 89.3 Å². The number of carbonyl (C=O) groups excluding carboxylic acids is 2.